The van der Waals surface area contributed by atoms with E-state index in [4.69, 9.17) is 0 Å². The minimum absolute atomic E-state index is 0.128. The zero-order valence-corrected chi connectivity index (χ0v) is 12.9. The van der Waals surface area contributed by atoms with E-state index in [1.165, 1.54) is 11.1 Å². The van der Waals surface area contributed by atoms with Crippen molar-refractivity contribution in [3.8, 4) is 0 Å². The van der Waals surface area contributed by atoms with Crippen LogP contribution >= 0.6 is 15.9 Å². The van der Waals surface area contributed by atoms with Gasteiger partial charge in [0.25, 0.3) is 0 Å². The average molecular weight is 297 g/mol. The van der Waals surface area contributed by atoms with Crippen LogP contribution in [0.15, 0.2) is 16.6 Å². The lowest BCUT2D eigenvalue weighted by molar-refractivity contribution is 0.00568. The molecule has 2 rings (SSSR count). The van der Waals surface area contributed by atoms with Crippen LogP contribution in [0.25, 0.3) is 0 Å². The minimum atomic E-state index is -0.708. The van der Waals surface area contributed by atoms with Gasteiger partial charge in [-0.05, 0) is 54.4 Å². The summed E-state index contributed by atoms with van der Waals surface area (Å²) >= 11 is 3.57. The molecule has 1 aromatic rings. The highest BCUT2D eigenvalue weighted by atomic mass is 79.9. The van der Waals surface area contributed by atoms with Crippen LogP contribution in [-0.2, 0) is 11.0 Å². The number of fused-ring (bicyclic) bond motifs is 1. The van der Waals surface area contributed by atoms with Gasteiger partial charge < -0.3 is 5.11 Å². The number of aryl methyl sites for hydroxylation is 1. The number of halogens is 1. The molecule has 0 saturated carbocycles. The van der Waals surface area contributed by atoms with E-state index in [1.54, 1.807) is 0 Å². The molecule has 17 heavy (non-hydrogen) atoms. The number of rotatable bonds is 0. The van der Waals surface area contributed by atoms with Crippen molar-refractivity contribution in [3.63, 3.8) is 0 Å². The summed E-state index contributed by atoms with van der Waals surface area (Å²) in [5.74, 6) is 0.477. The zero-order chi connectivity index (χ0) is 13.0. The van der Waals surface area contributed by atoms with Crippen molar-refractivity contribution in [2.45, 2.75) is 52.1 Å². The van der Waals surface area contributed by atoms with Crippen molar-refractivity contribution in [2.24, 2.45) is 5.92 Å². The lowest BCUT2D eigenvalue weighted by atomic mass is 9.61. The second-order valence-electron chi connectivity index (χ2n) is 6.25. The van der Waals surface area contributed by atoms with Gasteiger partial charge in [-0.25, -0.2) is 0 Å². The first-order valence-corrected chi connectivity index (χ1v) is 6.99. The number of benzene rings is 1. The van der Waals surface area contributed by atoms with Crippen molar-refractivity contribution in [1.82, 2.24) is 0 Å². The molecule has 2 unspecified atom stereocenters. The third kappa shape index (κ3) is 1.96. The summed E-state index contributed by atoms with van der Waals surface area (Å²) < 4.78 is 1.09. The Morgan fingerprint density at radius 1 is 1.24 bits per heavy atom. The van der Waals surface area contributed by atoms with Gasteiger partial charge in [-0.15, -0.1) is 0 Å². The van der Waals surface area contributed by atoms with Gasteiger partial charge >= 0.3 is 0 Å². The van der Waals surface area contributed by atoms with E-state index < -0.39 is 5.60 Å². The van der Waals surface area contributed by atoms with Crippen molar-refractivity contribution in [3.05, 3.63) is 33.3 Å². The van der Waals surface area contributed by atoms with Gasteiger partial charge in [0.15, 0.2) is 0 Å². The molecule has 0 aliphatic heterocycles. The van der Waals surface area contributed by atoms with Crippen LogP contribution in [0, 0.1) is 12.8 Å². The predicted octanol–water partition coefficient (Wildman–Crippen LogP) is 4.28. The quantitative estimate of drug-likeness (QED) is 0.757. The van der Waals surface area contributed by atoms with E-state index in [0.717, 1.165) is 16.5 Å². The molecule has 0 aromatic heterocycles. The Kier molecular flexibility index (Phi) is 2.95. The Morgan fingerprint density at radius 3 is 2.41 bits per heavy atom. The third-order valence-corrected chi connectivity index (χ3v) is 5.36. The highest BCUT2D eigenvalue weighted by molar-refractivity contribution is 9.10. The summed E-state index contributed by atoms with van der Waals surface area (Å²) in [6.07, 6.45) is 0.822. The van der Waals surface area contributed by atoms with Crippen LogP contribution in [0.3, 0.4) is 0 Å². The number of hydrogen-bond acceptors (Lipinski definition) is 1. The molecule has 94 valence electrons. The fraction of sp³-hybridized carbons (Fsp3) is 0.600. The summed E-state index contributed by atoms with van der Waals surface area (Å²) in [7, 11) is 0. The molecule has 2 heteroatoms. The second-order valence-corrected chi connectivity index (χ2v) is 7.10. The van der Waals surface area contributed by atoms with Crippen LogP contribution in [0.4, 0.5) is 0 Å². The van der Waals surface area contributed by atoms with Gasteiger partial charge in [0.2, 0.25) is 0 Å². The molecule has 1 aromatic carbocycles. The highest BCUT2D eigenvalue weighted by Crippen LogP contribution is 2.49. The van der Waals surface area contributed by atoms with Gasteiger partial charge in [0.1, 0.15) is 0 Å². The van der Waals surface area contributed by atoms with E-state index in [-0.39, 0.29) is 5.41 Å². The minimum Gasteiger partial charge on any atom is -0.385 e. The molecule has 1 N–H and O–H groups in total. The van der Waals surface area contributed by atoms with Gasteiger partial charge in [-0.2, -0.15) is 0 Å². The SMILES string of the molecule is Cc1cc2c(cc1Br)C(C)(O)CC(C)C2(C)C. The van der Waals surface area contributed by atoms with Crippen LogP contribution < -0.4 is 0 Å². The molecule has 1 aliphatic rings. The standard InChI is InChI=1S/C15H21BrO/c1-9-6-11-12(7-13(9)16)15(5,17)8-10(2)14(11,3)4/h6-7,10,17H,8H2,1-5H3. The average Bonchev–Trinajstić information content (AvgIpc) is 2.18. The number of aliphatic hydroxyl groups is 1. The molecular weight excluding hydrogens is 276 g/mol. The Balaban J connectivity index is 2.73. The molecule has 0 bridgehead atoms. The monoisotopic (exact) mass is 296 g/mol. The summed E-state index contributed by atoms with van der Waals surface area (Å²) in [5.41, 5.74) is 3.03. The predicted molar refractivity (Wildman–Crippen MR) is 75.3 cm³/mol. The molecule has 0 radical (unpaired) electrons. The van der Waals surface area contributed by atoms with E-state index in [0.29, 0.717) is 5.92 Å². The van der Waals surface area contributed by atoms with Crippen molar-refractivity contribution in [1.29, 1.82) is 0 Å². The molecule has 2 atom stereocenters. The zero-order valence-electron chi connectivity index (χ0n) is 11.3. The normalized spacial score (nSPS) is 31.1. The van der Waals surface area contributed by atoms with Crippen LogP contribution in [0.5, 0.6) is 0 Å². The summed E-state index contributed by atoms with van der Waals surface area (Å²) in [5, 5.41) is 10.6. The first-order valence-electron chi connectivity index (χ1n) is 6.20. The molecule has 0 saturated heterocycles. The van der Waals surface area contributed by atoms with Crippen molar-refractivity contribution in [2.75, 3.05) is 0 Å². The molecule has 0 fully saturated rings. The fourth-order valence-electron chi connectivity index (χ4n) is 2.89. The lowest BCUT2D eigenvalue weighted by Crippen LogP contribution is -2.41. The first-order chi connectivity index (χ1) is 7.66. The van der Waals surface area contributed by atoms with Gasteiger partial charge in [0.05, 0.1) is 5.60 Å². The second kappa shape index (κ2) is 3.83. The van der Waals surface area contributed by atoms with E-state index in [2.05, 4.69) is 55.8 Å². The van der Waals surface area contributed by atoms with E-state index >= 15 is 0 Å². The molecular formula is C15H21BrO. The summed E-state index contributed by atoms with van der Waals surface area (Å²) in [4.78, 5) is 0. The fourth-order valence-corrected chi connectivity index (χ4v) is 3.23. The Hall–Kier alpha value is -0.340. The first kappa shape index (κ1) is 13.1. The smallest absolute Gasteiger partial charge is 0.0874 e. The van der Waals surface area contributed by atoms with E-state index in [9.17, 15) is 5.11 Å². The largest absolute Gasteiger partial charge is 0.385 e. The highest BCUT2D eigenvalue weighted by Gasteiger charge is 2.43. The molecule has 1 nitrogen and oxygen atoms in total. The maximum atomic E-state index is 10.6. The van der Waals surface area contributed by atoms with E-state index in [1.807, 2.05) is 6.92 Å². The molecule has 0 heterocycles. The molecule has 1 aliphatic carbocycles. The Bertz CT molecular complexity index is 460. The molecule has 0 spiro atoms. The lowest BCUT2D eigenvalue weighted by Gasteiger charge is -2.45. The Morgan fingerprint density at radius 2 is 1.82 bits per heavy atom. The topological polar surface area (TPSA) is 20.2 Å². The summed E-state index contributed by atoms with van der Waals surface area (Å²) in [6.45, 7) is 10.8. The maximum Gasteiger partial charge on any atom is 0.0874 e. The Labute approximate surface area is 112 Å². The third-order valence-electron chi connectivity index (χ3n) is 4.51. The van der Waals surface area contributed by atoms with Gasteiger partial charge in [-0.3, -0.25) is 0 Å². The van der Waals surface area contributed by atoms with Crippen molar-refractivity contribution >= 4 is 15.9 Å². The van der Waals surface area contributed by atoms with Gasteiger partial charge in [0, 0.05) is 4.47 Å². The van der Waals surface area contributed by atoms with Crippen LogP contribution in [0.1, 0.15) is 50.8 Å². The maximum absolute atomic E-state index is 10.6. The van der Waals surface area contributed by atoms with Crippen molar-refractivity contribution < 1.29 is 5.11 Å². The van der Waals surface area contributed by atoms with Gasteiger partial charge in [-0.1, -0.05) is 42.8 Å². The summed E-state index contributed by atoms with van der Waals surface area (Å²) in [6, 6.07) is 4.32. The van der Waals surface area contributed by atoms with Crippen LogP contribution in [0.2, 0.25) is 0 Å². The number of hydrogen-bond donors (Lipinski definition) is 1. The molecule has 0 amide bonds. The van der Waals surface area contributed by atoms with Crippen LogP contribution in [-0.4, -0.2) is 5.11 Å².